The van der Waals surface area contributed by atoms with Crippen LogP contribution in [0.2, 0.25) is 0 Å². The van der Waals surface area contributed by atoms with Crippen molar-refractivity contribution in [3.8, 4) is 0 Å². The summed E-state index contributed by atoms with van der Waals surface area (Å²) in [4.78, 5) is 2.36. The van der Waals surface area contributed by atoms with E-state index in [1.807, 2.05) is 30.3 Å². The van der Waals surface area contributed by atoms with Gasteiger partial charge >= 0.3 is 0 Å². The zero-order valence-electron chi connectivity index (χ0n) is 11.5. The van der Waals surface area contributed by atoms with Crippen LogP contribution >= 0.6 is 0 Å². The molecule has 0 saturated carbocycles. The molecular weight excluding hydrogens is 238 g/mol. The maximum absolute atomic E-state index is 7.82. The predicted molar refractivity (Wildman–Crippen MR) is 77.6 cm³/mol. The highest BCUT2D eigenvalue weighted by molar-refractivity contribution is 5.84. The molecule has 2 unspecified atom stereocenters. The minimum absolute atomic E-state index is 0.0168. The normalized spacial score (nSPS) is 22.1. The first-order valence-electron chi connectivity index (χ1n) is 6.84. The van der Waals surface area contributed by atoms with Crippen LogP contribution < -0.4 is 5.73 Å². The van der Waals surface area contributed by atoms with E-state index in [1.54, 1.807) is 7.11 Å². The second-order valence-electron chi connectivity index (χ2n) is 5.18. The molecule has 1 aromatic carbocycles. The molecule has 4 nitrogen and oxygen atoms in total. The summed E-state index contributed by atoms with van der Waals surface area (Å²) in [6.07, 6.45) is 2.60. The van der Waals surface area contributed by atoms with E-state index < -0.39 is 0 Å². The topological polar surface area (TPSA) is 62.3 Å². The van der Waals surface area contributed by atoms with Crippen molar-refractivity contribution in [1.29, 1.82) is 5.41 Å². The minimum atomic E-state index is -0.0168. The second kappa shape index (κ2) is 6.68. The highest BCUT2D eigenvalue weighted by Gasteiger charge is 2.24. The predicted octanol–water partition coefficient (Wildman–Crippen LogP) is 1.82. The average molecular weight is 261 g/mol. The number of hydrogen-bond donors (Lipinski definition) is 2. The van der Waals surface area contributed by atoms with Gasteiger partial charge in [0.05, 0.1) is 17.9 Å². The van der Waals surface area contributed by atoms with Crippen LogP contribution in [-0.2, 0) is 4.74 Å². The first-order chi connectivity index (χ1) is 9.20. The van der Waals surface area contributed by atoms with Gasteiger partial charge in [-0.1, -0.05) is 30.3 Å². The van der Waals surface area contributed by atoms with E-state index in [2.05, 4.69) is 4.90 Å². The van der Waals surface area contributed by atoms with Crippen LogP contribution in [0.15, 0.2) is 30.3 Å². The van der Waals surface area contributed by atoms with Crippen LogP contribution in [0, 0.1) is 5.41 Å². The highest BCUT2D eigenvalue weighted by atomic mass is 16.5. The van der Waals surface area contributed by atoms with Crippen LogP contribution in [0.4, 0.5) is 0 Å². The summed E-state index contributed by atoms with van der Waals surface area (Å²) in [5, 5.41) is 7.82. The minimum Gasteiger partial charge on any atom is -0.387 e. The summed E-state index contributed by atoms with van der Waals surface area (Å²) >= 11 is 0. The lowest BCUT2D eigenvalue weighted by molar-refractivity contribution is 0.0310. The van der Waals surface area contributed by atoms with Gasteiger partial charge in [-0.25, -0.2) is 0 Å². The van der Waals surface area contributed by atoms with E-state index in [0.717, 1.165) is 38.0 Å². The average Bonchev–Trinajstić information content (AvgIpc) is 2.45. The van der Waals surface area contributed by atoms with Gasteiger partial charge in [-0.05, 0) is 24.9 Å². The number of hydrogen-bond acceptors (Lipinski definition) is 3. The summed E-state index contributed by atoms with van der Waals surface area (Å²) in [5.74, 6) is 0.225. The highest BCUT2D eigenvalue weighted by Crippen LogP contribution is 2.20. The van der Waals surface area contributed by atoms with Gasteiger partial charge in [-0.2, -0.15) is 0 Å². The lowest BCUT2D eigenvalue weighted by Gasteiger charge is -2.34. The smallest absolute Gasteiger partial charge is 0.0995 e. The van der Waals surface area contributed by atoms with Crippen LogP contribution in [0.3, 0.4) is 0 Å². The van der Waals surface area contributed by atoms with E-state index in [9.17, 15) is 0 Å². The number of rotatable bonds is 5. The molecular formula is C15H23N3O. The fourth-order valence-corrected chi connectivity index (χ4v) is 2.70. The SMILES string of the molecule is COC1CCCN(CC(C(=N)N)c2ccccc2)C1. The molecule has 0 spiro atoms. The zero-order chi connectivity index (χ0) is 13.7. The summed E-state index contributed by atoms with van der Waals surface area (Å²) in [7, 11) is 1.77. The van der Waals surface area contributed by atoms with Crippen molar-refractivity contribution in [3.05, 3.63) is 35.9 Å². The van der Waals surface area contributed by atoms with Gasteiger partial charge in [0, 0.05) is 20.2 Å². The Morgan fingerprint density at radius 3 is 2.84 bits per heavy atom. The molecule has 1 heterocycles. The van der Waals surface area contributed by atoms with E-state index in [-0.39, 0.29) is 11.8 Å². The van der Waals surface area contributed by atoms with Crippen molar-refractivity contribution < 1.29 is 4.74 Å². The van der Waals surface area contributed by atoms with Crippen molar-refractivity contribution in [2.45, 2.75) is 24.9 Å². The number of benzene rings is 1. The number of nitrogens with one attached hydrogen (secondary N) is 1. The fraction of sp³-hybridized carbons (Fsp3) is 0.533. The number of amidine groups is 1. The van der Waals surface area contributed by atoms with Gasteiger partial charge in [0.15, 0.2) is 0 Å². The second-order valence-corrected chi connectivity index (χ2v) is 5.18. The first-order valence-corrected chi connectivity index (χ1v) is 6.84. The van der Waals surface area contributed by atoms with E-state index in [4.69, 9.17) is 15.9 Å². The van der Waals surface area contributed by atoms with Gasteiger partial charge in [-0.15, -0.1) is 0 Å². The number of methoxy groups -OCH3 is 1. The Morgan fingerprint density at radius 1 is 1.47 bits per heavy atom. The van der Waals surface area contributed by atoms with E-state index in [0.29, 0.717) is 6.10 Å². The molecule has 0 radical (unpaired) electrons. The first kappa shape index (κ1) is 14.0. The van der Waals surface area contributed by atoms with Crippen LogP contribution in [0.25, 0.3) is 0 Å². The van der Waals surface area contributed by atoms with Gasteiger partial charge in [0.2, 0.25) is 0 Å². The third kappa shape index (κ3) is 3.78. The lowest BCUT2D eigenvalue weighted by Crippen LogP contribution is -2.43. The van der Waals surface area contributed by atoms with E-state index >= 15 is 0 Å². The fourth-order valence-electron chi connectivity index (χ4n) is 2.70. The summed E-state index contributed by atoms with van der Waals surface area (Å²) in [6, 6.07) is 10.1. The molecule has 4 heteroatoms. The Labute approximate surface area is 115 Å². The molecule has 0 amide bonds. The summed E-state index contributed by atoms with van der Waals surface area (Å²) in [5.41, 5.74) is 6.90. The lowest BCUT2D eigenvalue weighted by atomic mass is 9.96. The molecule has 1 fully saturated rings. The molecule has 104 valence electrons. The monoisotopic (exact) mass is 261 g/mol. The van der Waals surface area contributed by atoms with Crippen molar-refractivity contribution >= 4 is 5.84 Å². The largest absolute Gasteiger partial charge is 0.387 e. The van der Waals surface area contributed by atoms with Crippen molar-refractivity contribution in [1.82, 2.24) is 4.90 Å². The molecule has 0 aliphatic carbocycles. The number of likely N-dealkylation sites (tertiary alicyclic amines) is 1. The van der Waals surface area contributed by atoms with Crippen LogP contribution in [-0.4, -0.2) is 43.6 Å². The van der Waals surface area contributed by atoms with Gasteiger partial charge in [0.25, 0.3) is 0 Å². The number of ether oxygens (including phenoxy) is 1. The van der Waals surface area contributed by atoms with Gasteiger partial charge < -0.3 is 10.5 Å². The summed E-state index contributed by atoms with van der Waals surface area (Å²) < 4.78 is 5.44. The molecule has 1 aromatic rings. The number of piperidine rings is 1. The quantitative estimate of drug-likeness (QED) is 0.628. The Kier molecular flexibility index (Phi) is 4.93. The standard InChI is InChI=1S/C15H23N3O/c1-19-13-8-5-9-18(10-13)11-14(15(16)17)12-6-3-2-4-7-12/h2-4,6-7,13-14H,5,8-11H2,1H3,(H3,16,17). The Hall–Kier alpha value is -1.39. The van der Waals surface area contributed by atoms with Crippen molar-refractivity contribution in [3.63, 3.8) is 0 Å². The van der Waals surface area contributed by atoms with Crippen LogP contribution in [0.1, 0.15) is 24.3 Å². The Bertz CT molecular complexity index is 407. The van der Waals surface area contributed by atoms with E-state index in [1.165, 1.54) is 0 Å². The van der Waals surface area contributed by atoms with Gasteiger partial charge in [0.1, 0.15) is 0 Å². The third-order valence-corrected chi connectivity index (χ3v) is 3.81. The zero-order valence-corrected chi connectivity index (χ0v) is 11.5. The maximum atomic E-state index is 7.82. The molecule has 1 aliphatic heterocycles. The molecule has 19 heavy (non-hydrogen) atoms. The third-order valence-electron chi connectivity index (χ3n) is 3.81. The maximum Gasteiger partial charge on any atom is 0.0995 e. The molecule has 3 N–H and O–H groups in total. The van der Waals surface area contributed by atoms with Crippen molar-refractivity contribution in [2.24, 2.45) is 5.73 Å². The molecule has 0 bridgehead atoms. The number of nitrogens with zero attached hydrogens (tertiary/aromatic N) is 1. The van der Waals surface area contributed by atoms with Gasteiger partial charge in [-0.3, -0.25) is 10.3 Å². The molecule has 1 saturated heterocycles. The van der Waals surface area contributed by atoms with Crippen LogP contribution in [0.5, 0.6) is 0 Å². The Morgan fingerprint density at radius 2 is 2.21 bits per heavy atom. The molecule has 0 aromatic heterocycles. The number of nitrogens with two attached hydrogens (primary N) is 1. The van der Waals surface area contributed by atoms with Crippen molar-refractivity contribution in [2.75, 3.05) is 26.7 Å². The molecule has 2 atom stereocenters. The Balaban J connectivity index is 2.03. The molecule has 1 aliphatic rings. The molecule has 2 rings (SSSR count). The summed E-state index contributed by atoms with van der Waals surface area (Å²) in [6.45, 7) is 2.81.